The molecule has 7 aromatic rings. The van der Waals surface area contributed by atoms with Crippen molar-refractivity contribution < 1.29 is 18.1 Å². The van der Waals surface area contributed by atoms with Crippen LogP contribution in [0, 0.1) is 0 Å². The standard InChI is InChI=1S/6C8H8O.C6H3.3Sb/c6*1-2-7-3-5-8(9)6-4-7;1-2-4-6-5-3-1;;;/h6*2-6,9H,1H2;1,4-5H;;;/q;;;;;;;3*+2/p-6. The van der Waals surface area contributed by atoms with E-state index in [1.54, 1.807) is 36.5 Å². The first-order valence-electron chi connectivity index (χ1n) is 19.8. The molecule has 7 aromatic carbocycles. The molecule has 0 aliphatic heterocycles. The fourth-order valence-electron chi connectivity index (χ4n) is 5.83. The summed E-state index contributed by atoms with van der Waals surface area (Å²) >= 11 is -10.5. The summed E-state index contributed by atoms with van der Waals surface area (Å²) in [5.41, 5.74) is 5.89. The fraction of sp³-hybridized carbons (Fsp3) is 0. The van der Waals surface area contributed by atoms with E-state index in [1.165, 1.54) is 0 Å². The van der Waals surface area contributed by atoms with Gasteiger partial charge in [0, 0.05) is 0 Å². The SMILES string of the molecule is C=Cc1ccc([O][Sb]([O]c2ccc(C=C)cc2)[c]2c[c]([Sb]([O]c3ccc(C=C)cc3)[O]c3ccc(C=C)cc3)c[c]([Sb]([O]c3ccc(C=C)cc3)[O]c3ccc(C=C)cc3)c2)cc1. The average Bonchev–Trinajstić information content (AvgIpc) is 3.34. The van der Waals surface area contributed by atoms with Crippen molar-refractivity contribution >= 4 is 110 Å². The molecule has 0 unspecified atom stereocenters. The van der Waals surface area contributed by atoms with Gasteiger partial charge in [-0.1, -0.05) is 0 Å². The average molecular weight is 1160 g/mol. The van der Waals surface area contributed by atoms with Crippen LogP contribution in [0.3, 0.4) is 0 Å². The van der Waals surface area contributed by atoms with Gasteiger partial charge in [0.1, 0.15) is 0 Å². The second-order valence-electron chi connectivity index (χ2n) is 13.7. The second kappa shape index (κ2) is 22.5. The molecule has 0 radical (unpaired) electrons. The molecule has 0 amide bonds. The molecule has 0 fully saturated rings. The van der Waals surface area contributed by atoms with Gasteiger partial charge in [-0.25, -0.2) is 0 Å². The summed E-state index contributed by atoms with van der Waals surface area (Å²) in [6.07, 6.45) is 10.8. The Morgan fingerprint density at radius 2 is 0.381 bits per heavy atom. The number of hydrogen-bond acceptors (Lipinski definition) is 6. The van der Waals surface area contributed by atoms with Crippen molar-refractivity contribution in [3.05, 3.63) is 237 Å². The van der Waals surface area contributed by atoms with Crippen LogP contribution in [0.1, 0.15) is 33.4 Å². The van der Waals surface area contributed by atoms with Crippen LogP contribution in [-0.4, -0.2) is 63.2 Å². The van der Waals surface area contributed by atoms with Gasteiger partial charge in [-0.05, 0) is 0 Å². The molecule has 7 rings (SSSR count). The fourth-order valence-corrected chi connectivity index (χ4v) is 20.2. The van der Waals surface area contributed by atoms with E-state index in [-0.39, 0.29) is 0 Å². The minimum atomic E-state index is -3.50. The van der Waals surface area contributed by atoms with Gasteiger partial charge < -0.3 is 0 Å². The molecule has 0 bridgehead atoms. The predicted octanol–water partition coefficient (Wildman–Crippen LogP) is 11.1. The summed E-state index contributed by atoms with van der Waals surface area (Å²) in [7, 11) is 0. The van der Waals surface area contributed by atoms with Crippen LogP contribution in [0.15, 0.2) is 203 Å². The third-order valence-electron chi connectivity index (χ3n) is 9.34. The van der Waals surface area contributed by atoms with Crippen molar-refractivity contribution in [2.24, 2.45) is 0 Å². The van der Waals surface area contributed by atoms with Gasteiger partial charge in [-0.3, -0.25) is 0 Å². The maximum absolute atomic E-state index is 6.95. The summed E-state index contributed by atoms with van der Waals surface area (Å²) in [6, 6.07) is 53.5. The predicted molar refractivity (Wildman–Crippen MR) is 266 cm³/mol. The Bertz CT molecular complexity index is 2190. The van der Waals surface area contributed by atoms with E-state index >= 15 is 0 Å². The molecule has 0 saturated carbocycles. The second-order valence-corrected chi connectivity index (χ2v) is 25.6. The van der Waals surface area contributed by atoms with E-state index in [0.29, 0.717) is 34.5 Å². The number of hydrogen-bond donors (Lipinski definition) is 0. The molecule has 6 nitrogen and oxygen atoms in total. The van der Waals surface area contributed by atoms with E-state index in [9.17, 15) is 0 Å². The summed E-state index contributed by atoms with van der Waals surface area (Å²) in [6.45, 7) is 23.6. The van der Waals surface area contributed by atoms with E-state index in [0.717, 1.165) is 43.9 Å². The molecule has 0 atom stereocenters. The van der Waals surface area contributed by atoms with Gasteiger partial charge in [0.25, 0.3) is 0 Å². The van der Waals surface area contributed by atoms with Crippen molar-refractivity contribution in [1.29, 1.82) is 0 Å². The molecule has 0 spiro atoms. The summed E-state index contributed by atoms with van der Waals surface area (Å²) in [5, 5.41) is 0. The first kappa shape index (κ1) is 45.3. The molecule has 63 heavy (non-hydrogen) atoms. The Kier molecular flexibility index (Phi) is 16.2. The monoisotopic (exact) mass is 1150 g/mol. The molecule has 0 aliphatic rings. The van der Waals surface area contributed by atoms with Gasteiger partial charge in [0.2, 0.25) is 0 Å². The zero-order chi connectivity index (χ0) is 44.0. The van der Waals surface area contributed by atoms with Gasteiger partial charge >= 0.3 is 399 Å². The normalized spacial score (nSPS) is 10.7. The topological polar surface area (TPSA) is 55.4 Å². The van der Waals surface area contributed by atoms with Crippen molar-refractivity contribution in [2.75, 3.05) is 0 Å². The summed E-state index contributed by atoms with van der Waals surface area (Å²) in [4.78, 5) is 0. The van der Waals surface area contributed by atoms with Crippen LogP contribution in [0.5, 0.6) is 34.5 Å². The van der Waals surface area contributed by atoms with Gasteiger partial charge in [0.05, 0.1) is 0 Å². The van der Waals surface area contributed by atoms with Crippen LogP contribution in [-0.2, 0) is 0 Å². The Morgan fingerprint density at radius 3 is 0.508 bits per heavy atom. The van der Waals surface area contributed by atoms with Crippen molar-refractivity contribution in [3.63, 3.8) is 0 Å². The van der Waals surface area contributed by atoms with Crippen LogP contribution in [0.25, 0.3) is 36.5 Å². The van der Waals surface area contributed by atoms with Crippen LogP contribution in [0.4, 0.5) is 0 Å². The third-order valence-corrected chi connectivity index (χ3v) is 21.6. The molecule has 9 heteroatoms. The van der Waals surface area contributed by atoms with E-state index in [4.69, 9.17) is 18.1 Å². The molecule has 0 heterocycles. The van der Waals surface area contributed by atoms with Crippen molar-refractivity contribution in [3.8, 4) is 34.5 Å². The van der Waals surface area contributed by atoms with Gasteiger partial charge in [-0.2, -0.15) is 0 Å². The minimum absolute atomic E-state index is 0.683. The van der Waals surface area contributed by atoms with Crippen LogP contribution >= 0.6 is 0 Å². The Labute approximate surface area is 395 Å². The quantitative estimate of drug-likeness (QED) is 0.0669. The molecule has 0 N–H and O–H groups in total. The Morgan fingerprint density at radius 1 is 0.238 bits per heavy atom. The maximum atomic E-state index is 6.95. The molecular weight excluding hydrogens is 1110 g/mol. The van der Waals surface area contributed by atoms with E-state index in [2.05, 4.69) is 57.7 Å². The van der Waals surface area contributed by atoms with Gasteiger partial charge in [0.15, 0.2) is 0 Å². The first-order chi connectivity index (χ1) is 30.8. The summed E-state index contributed by atoms with van der Waals surface area (Å²) < 4.78 is 44.4. The Hall–Kier alpha value is -5.77. The molecule has 0 aliphatic carbocycles. The van der Waals surface area contributed by atoms with Crippen LogP contribution in [0.2, 0.25) is 0 Å². The molecule has 0 saturated heterocycles. The van der Waals surface area contributed by atoms with E-state index < -0.39 is 63.2 Å². The van der Waals surface area contributed by atoms with Gasteiger partial charge in [-0.15, -0.1) is 0 Å². The van der Waals surface area contributed by atoms with Crippen molar-refractivity contribution in [2.45, 2.75) is 0 Å². The number of rotatable bonds is 21. The zero-order valence-electron chi connectivity index (χ0n) is 34.6. The third kappa shape index (κ3) is 12.7. The van der Waals surface area contributed by atoms with E-state index in [1.807, 2.05) is 146 Å². The summed E-state index contributed by atoms with van der Waals surface area (Å²) in [5.74, 6) is 4.10. The molecular formula is C54H45O6Sb3. The zero-order valence-corrected chi connectivity index (χ0v) is 42.2. The van der Waals surface area contributed by atoms with Crippen molar-refractivity contribution in [1.82, 2.24) is 0 Å². The Balaban J connectivity index is 1.41. The number of benzene rings is 7. The molecule has 0 aromatic heterocycles. The van der Waals surface area contributed by atoms with Crippen LogP contribution < -0.4 is 28.6 Å². The first-order valence-corrected chi connectivity index (χ1v) is 29.9. The molecule has 312 valence electrons.